The van der Waals surface area contributed by atoms with E-state index in [2.05, 4.69) is 23.0 Å². The van der Waals surface area contributed by atoms with Crippen LogP contribution in [0.5, 0.6) is 5.75 Å². The first-order valence-corrected chi connectivity index (χ1v) is 6.34. The highest BCUT2D eigenvalue weighted by Crippen LogP contribution is 2.32. The summed E-state index contributed by atoms with van der Waals surface area (Å²) in [5, 5.41) is 0.959. The Balaban J connectivity index is 2.19. The molecule has 0 saturated carbocycles. The summed E-state index contributed by atoms with van der Waals surface area (Å²) in [5.74, 6) is 1.14. The quantitative estimate of drug-likeness (QED) is 0.773. The van der Waals surface area contributed by atoms with E-state index in [1.165, 1.54) is 5.56 Å². The van der Waals surface area contributed by atoms with Crippen LogP contribution in [0, 0.1) is 6.92 Å². The lowest BCUT2D eigenvalue weighted by atomic mass is 10.0. The molecule has 1 aromatic heterocycles. The topological polar surface area (TPSA) is 61.0 Å². The summed E-state index contributed by atoms with van der Waals surface area (Å²) < 4.78 is 5.43. The molecule has 0 fully saturated rings. The summed E-state index contributed by atoms with van der Waals surface area (Å²) in [4.78, 5) is 8.24. The van der Waals surface area contributed by atoms with Crippen LogP contribution in [0.3, 0.4) is 0 Å². The molecule has 0 aliphatic carbocycles. The molecular formula is C16H15N3O. The molecule has 0 radical (unpaired) electrons. The zero-order chi connectivity index (χ0) is 14.1. The van der Waals surface area contributed by atoms with Gasteiger partial charge in [-0.05, 0) is 36.8 Å². The highest BCUT2D eigenvalue weighted by atomic mass is 16.5. The van der Waals surface area contributed by atoms with Gasteiger partial charge in [-0.25, -0.2) is 9.97 Å². The van der Waals surface area contributed by atoms with Gasteiger partial charge >= 0.3 is 0 Å². The number of methoxy groups -OCH3 is 1. The van der Waals surface area contributed by atoms with Crippen molar-refractivity contribution in [3.63, 3.8) is 0 Å². The van der Waals surface area contributed by atoms with Crippen molar-refractivity contribution < 1.29 is 4.74 Å². The van der Waals surface area contributed by atoms with Crippen molar-refractivity contribution >= 4 is 16.9 Å². The number of hydrogen-bond acceptors (Lipinski definition) is 4. The second-order valence-electron chi connectivity index (χ2n) is 4.71. The molecule has 2 N–H and O–H groups in total. The molecule has 0 bridgehead atoms. The Morgan fingerprint density at radius 3 is 2.75 bits per heavy atom. The first-order chi connectivity index (χ1) is 9.67. The van der Waals surface area contributed by atoms with Gasteiger partial charge < -0.3 is 10.5 Å². The van der Waals surface area contributed by atoms with E-state index in [9.17, 15) is 0 Å². The average molecular weight is 265 g/mol. The first-order valence-electron chi connectivity index (χ1n) is 6.34. The van der Waals surface area contributed by atoms with Crippen LogP contribution in [0.25, 0.3) is 22.0 Å². The Morgan fingerprint density at radius 2 is 1.95 bits per heavy atom. The van der Waals surface area contributed by atoms with Gasteiger partial charge in [-0.2, -0.15) is 0 Å². The van der Waals surface area contributed by atoms with Crippen LogP contribution in [-0.2, 0) is 0 Å². The fraction of sp³-hybridized carbons (Fsp3) is 0.125. The van der Waals surface area contributed by atoms with Crippen LogP contribution in [-0.4, -0.2) is 17.1 Å². The van der Waals surface area contributed by atoms with Gasteiger partial charge in [0.25, 0.3) is 0 Å². The molecular weight excluding hydrogens is 250 g/mol. The Kier molecular flexibility index (Phi) is 2.99. The van der Waals surface area contributed by atoms with Crippen LogP contribution >= 0.6 is 0 Å². The molecule has 100 valence electrons. The van der Waals surface area contributed by atoms with Crippen molar-refractivity contribution in [2.24, 2.45) is 0 Å². The lowest BCUT2D eigenvalue weighted by Crippen LogP contribution is -1.94. The van der Waals surface area contributed by atoms with E-state index >= 15 is 0 Å². The van der Waals surface area contributed by atoms with Gasteiger partial charge in [0.2, 0.25) is 5.95 Å². The van der Waals surface area contributed by atoms with Gasteiger partial charge in [0.1, 0.15) is 5.75 Å². The second-order valence-corrected chi connectivity index (χ2v) is 4.71. The fourth-order valence-corrected chi connectivity index (χ4v) is 2.26. The number of aryl methyl sites for hydroxylation is 1. The Morgan fingerprint density at radius 1 is 1.10 bits per heavy atom. The van der Waals surface area contributed by atoms with Crippen LogP contribution < -0.4 is 10.5 Å². The number of benzene rings is 2. The highest BCUT2D eigenvalue weighted by molar-refractivity contribution is 5.85. The molecule has 0 atom stereocenters. The normalized spacial score (nSPS) is 10.7. The molecule has 0 aliphatic rings. The van der Waals surface area contributed by atoms with Crippen molar-refractivity contribution in [1.29, 1.82) is 0 Å². The van der Waals surface area contributed by atoms with E-state index in [1.807, 2.05) is 30.3 Å². The maximum Gasteiger partial charge on any atom is 0.220 e. The van der Waals surface area contributed by atoms with Crippen LogP contribution in [0.1, 0.15) is 5.56 Å². The lowest BCUT2D eigenvalue weighted by molar-refractivity contribution is 0.416. The van der Waals surface area contributed by atoms with Crippen molar-refractivity contribution in [3.05, 3.63) is 48.2 Å². The van der Waals surface area contributed by atoms with Crippen LogP contribution in [0.15, 0.2) is 42.6 Å². The highest BCUT2D eigenvalue weighted by Gasteiger charge is 2.07. The third kappa shape index (κ3) is 2.16. The minimum Gasteiger partial charge on any atom is -0.496 e. The third-order valence-electron chi connectivity index (χ3n) is 3.26. The standard InChI is InChI=1S/C16H15N3O/c1-10-3-6-15(20-2)13(7-10)11-4-5-14-12(8-11)9-18-16(17)19-14/h3-9H,1-2H3,(H2,17,18,19). The number of nitrogens with zero attached hydrogens (tertiary/aromatic N) is 2. The van der Waals surface area contributed by atoms with E-state index in [0.717, 1.165) is 27.8 Å². The first kappa shape index (κ1) is 12.4. The SMILES string of the molecule is COc1ccc(C)cc1-c1ccc2nc(N)ncc2c1. The van der Waals surface area contributed by atoms with Gasteiger partial charge in [0.15, 0.2) is 0 Å². The van der Waals surface area contributed by atoms with Crippen molar-refractivity contribution in [3.8, 4) is 16.9 Å². The van der Waals surface area contributed by atoms with Crippen LogP contribution in [0.4, 0.5) is 5.95 Å². The Hall–Kier alpha value is -2.62. The predicted octanol–water partition coefficient (Wildman–Crippen LogP) is 3.20. The number of fused-ring (bicyclic) bond motifs is 1. The summed E-state index contributed by atoms with van der Waals surface area (Å²) in [6.45, 7) is 2.06. The van der Waals surface area contributed by atoms with E-state index in [-0.39, 0.29) is 0 Å². The van der Waals surface area contributed by atoms with Gasteiger partial charge in [-0.15, -0.1) is 0 Å². The molecule has 0 unspecified atom stereocenters. The number of rotatable bonds is 2. The maximum atomic E-state index is 5.60. The van der Waals surface area contributed by atoms with E-state index in [0.29, 0.717) is 5.95 Å². The van der Waals surface area contributed by atoms with Gasteiger partial charge in [0, 0.05) is 17.1 Å². The summed E-state index contributed by atoms with van der Waals surface area (Å²) in [5.41, 5.74) is 9.76. The van der Waals surface area contributed by atoms with Crippen molar-refractivity contribution in [2.45, 2.75) is 6.92 Å². The van der Waals surface area contributed by atoms with Crippen LogP contribution in [0.2, 0.25) is 0 Å². The van der Waals surface area contributed by atoms with Gasteiger partial charge in [-0.1, -0.05) is 17.7 Å². The molecule has 0 spiro atoms. The zero-order valence-corrected chi connectivity index (χ0v) is 11.4. The molecule has 1 heterocycles. The number of ether oxygens (including phenoxy) is 1. The molecule has 0 aliphatic heterocycles. The summed E-state index contributed by atoms with van der Waals surface area (Å²) >= 11 is 0. The molecule has 4 nitrogen and oxygen atoms in total. The zero-order valence-electron chi connectivity index (χ0n) is 11.4. The van der Waals surface area contributed by atoms with Crippen molar-refractivity contribution in [1.82, 2.24) is 9.97 Å². The maximum absolute atomic E-state index is 5.60. The fourth-order valence-electron chi connectivity index (χ4n) is 2.26. The second kappa shape index (κ2) is 4.81. The summed E-state index contributed by atoms with van der Waals surface area (Å²) in [7, 11) is 1.68. The smallest absolute Gasteiger partial charge is 0.220 e. The Labute approximate surface area is 117 Å². The van der Waals surface area contributed by atoms with E-state index in [1.54, 1.807) is 13.3 Å². The number of nitrogens with two attached hydrogens (primary N) is 1. The molecule has 0 saturated heterocycles. The molecule has 2 aromatic carbocycles. The summed E-state index contributed by atoms with van der Waals surface area (Å²) in [6, 6.07) is 12.1. The van der Waals surface area contributed by atoms with E-state index in [4.69, 9.17) is 10.5 Å². The number of aromatic nitrogens is 2. The minimum absolute atomic E-state index is 0.290. The molecule has 0 amide bonds. The van der Waals surface area contributed by atoms with Gasteiger partial charge in [-0.3, -0.25) is 0 Å². The van der Waals surface area contributed by atoms with E-state index < -0.39 is 0 Å². The number of hydrogen-bond donors (Lipinski definition) is 1. The van der Waals surface area contributed by atoms with Gasteiger partial charge in [0.05, 0.1) is 12.6 Å². The largest absolute Gasteiger partial charge is 0.496 e. The Bertz CT molecular complexity index is 784. The third-order valence-corrected chi connectivity index (χ3v) is 3.26. The summed E-state index contributed by atoms with van der Waals surface area (Å²) in [6.07, 6.45) is 1.74. The monoisotopic (exact) mass is 265 g/mol. The predicted molar refractivity (Wildman–Crippen MR) is 80.7 cm³/mol. The average Bonchev–Trinajstić information content (AvgIpc) is 2.46. The van der Waals surface area contributed by atoms with Crippen molar-refractivity contribution in [2.75, 3.05) is 12.8 Å². The number of nitrogen functional groups attached to an aromatic ring is 1. The number of anilines is 1. The molecule has 20 heavy (non-hydrogen) atoms. The molecule has 3 rings (SSSR count). The molecule has 4 heteroatoms. The minimum atomic E-state index is 0.290. The lowest BCUT2D eigenvalue weighted by Gasteiger charge is -2.10. The molecule has 3 aromatic rings.